The zero-order valence-electron chi connectivity index (χ0n) is 12.3. The largest absolute Gasteiger partial charge is 1.00 e. The van der Waals surface area contributed by atoms with Crippen LogP contribution in [0.15, 0.2) is 34.7 Å². The van der Waals surface area contributed by atoms with Crippen molar-refractivity contribution in [3.8, 4) is 45.8 Å². The van der Waals surface area contributed by atoms with E-state index >= 15 is 0 Å². The second-order valence-electron chi connectivity index (χ2n) is 4.88. The van der Waals surface area contributed by atoms with Gasteiger partial charge in [-0.3, -0.25) is 0 Å². The van der Waals surface area contributed by atoms with Gasteiger partial charge in [0.2, 0.25) is 5.75 Å². The van der Waals surface area contributed by atoms with Gasteiger partial charge in [-0.15, -0.1) is 0 Å². The van der Waals surface area contributed by atoms with Crippen molar-refractivity contribution in [2.75, 3.05) is 7.11 Å². The van der Waals surface area contributed by atoms with Gasteiger partial charge in [0.25, 0.3) is 0 Å². The van der Waals surface area contributed by atoms with Crippen LogP contribution in [-0.4, -0.2) is 32.6 Å². The Morgan fingerprint density at radius 3 is 2.00 bits per heavy atom. The molecule has 3 rings (SSSR count). The van der Waals surface area contributed by atoms with Gasteiger partial charge in [0, 0.05) is 24.3 Å². The standard InChI is InChI=1S/C16H12O7.BrH/c1-22-8-4-10(17)9-6-13(20)16(23-14(9)5-8)7-2-11(18)15(21)12(19)3-7;/h2-6H,1H3,(H4-,17,18,19,20,21);1H. The van der Waals surface area contributed by atoms with Gasteiger partial charge >= 0.3 is 11.3 Å². The van der Waals surface area contributed by atoms with E-state index in [2.05, 4.69) is 0 Å². The van der Waals surface area contributed by atoms with E-state index in [0.29, 0.717) is 5.75 Å². The molecule has 0 amide bonds. The number of halogens is 1. The van der Waals surface area contributed by atoms with Gasteiger partial charge in [0.1, 0.15) is 16.9 Å². The summed E-state index contributed by atoms with van der Waals surface area (Å²) in [7, 11) is 1.43. The molecule has 3 aromatic rings. The molecule has 0 aliphatic carbocycles. The number of fused-ring (bicyclic) bond motifs is 1. The molecule has 0 bridgehead atoms. The van der Waals surface area contributed by atoms with Crippen molar-refractivity contribution in [2.24, 2.45) is 0 Å². The highest BCUT2D eigenvalue weighted by Crippen LogP contribution is 2.43. The molecule has 2 aromatic carbocycles. The number of hydrogen-bond donors (Lipinski definition) is 5. The third kappa shape index (κ3) is 2.83. The van der Waals surface area contributed by atoms with Crippen LogP contribution in [-0.2, 0) is 0 Å². The van der Waals surface area contributed by atoms with Gasteiger partial charge in [-0.05, 0) is 0 Å². The van der Waals surface area contributed by atoms with Crippen LogP contribution in [0.5, 0.6) is 34.5 Å². The molecule has 0 aliphatic rings. The van der Waals surface area contributed by atoms with E-state index in [1.807, 2.05) is 0 Å². The Morgan fingerprint density at radius 1 is 0.792 bits per heavy atom. The molecular weight excluding hydrogens is 384 g/mol. The van der Waals surface area contributed by atoms with Crippen molar-refractivity contribution in [3.63, 3.8) is 0 Å². The van der Waals surface area contributed by atoms with Crippen LogP contribution in [0.1, 0.15) is 0 Å². The number of methoxy groups -OCH3 is 1. The summed E-state index contributed by atoms with van der Waals surface area (Å²) in [6, 6.07) is 6.41. The molecule has 0 unspecified atom stereocenters. The molecule has 126 valence electrons. The molecule has 8 heteroatoms. The van der Waals surface area contributed by atoms with Gasteiger partial charge in [0.05, 0.1) is 18.7 Å². The lowest BCUT2D eigenvalue weighted by Gasteiger charge is -2.04. The molecule has 5 N–H and O–H groups in total. The van der Waals surface area contributed by atoms with Crippen molar-refractivity contribution < 1.29 is 51.7 Å². The molecule has 0 spiro atoms. The van der Waals surface area contributed by atoms with Crippen molar-refractivity contribution in [1.82, 2.24) is 0 Å². The van der Waals surface area contributed by atoms with E-state index in [9.17, 15) is 25.5 Å². The topological polar surface area (TPSA) is 122 Å². The fourth-order valence-corrected chi connectivity index (χ4v) is 2.24. The van der Waals surface area contributed by atoms with Crippen LogP contribution >= 0.6 is 0 Å². The van der Waals surface area contributed by atoms with E-state index in [1.54, 1.807) is 0 Å². The highest BCUT2D eigenvalue weighted by atomic mass is 79.9. The number of aromatic hydroxyl groups is 5. The zero-order chi connectivity index (χ0) is 16.7. The number of benzene rings is 2. The third-order valence-corrected chi connectivity index (χ3v) is 3.39. The highest BCUT2D eigenvalue weighted by Gasteiger charge is 2.26. The maximum atomic E-state index is 10.1. The van der Waals surface area contributed by atoms with Crippen LogP contribution < -0.4 is 21.7 Å². The SMILES string of the molecule is COc1cc(O)c2cc(O)c(-c3cc(O)c(O)c(O)c3)[o+]c2c1.[Br-]. The monoisotopic (exact) mass is 396 g/mol. The number of rotatable bonds is 2. The van der Waals surface area contributed by atoms with Gasteiger partial charge in [-0.25, -0.2) is 4.42 Å². The summed E-state index contributed by atoms with van der Waals surface area (Å²) in [6.07, 6.45) is 0. The van der Waals surface area contributed by atoms with Crippen LogP contribution in [0, 0.1) is 0 Å². The van der Waals surface area contributed by atoms with Crippen LogP contribution in [0.2, 0.25) is 0 Å². The van der Waals surface area contributed by atoms with E-state index < -0.39 is 17.2 Å². The third-order valence-electron chi connectivity index (χ3n) is 3.39. The molecule has 1 heterocycles. The Morgan fingerprint density at radius 2 is 1.42 bits per heavy atom. The second kappa shape index (κ2) is 6.32. The Hall–Kier alpha value is -2.87. The summed E-state index contributed by atoms with van der Waals surface area (Å²) in [4.78, 5) is 0. The van der Waals surface area contributed by atoms with Crippen LogP contribution in [0.3, 0.4) is 0 Å². The van der Waals surface area contributed by atoms with Crippen LogP contribution in [0.4, 0.5) is 0 Å². The second-order valence-corrected chi connectivity index (χ2v) is 4.88. The number of phenolic OH excluding ortho intramolecular Hbond substituents is 4. The van der Waals surface area contributed by atoms with Crippen molar-refractivity contribution >= 4 is 11.0 Å². The fourth-order valence-electron chi connectivity index (χ4n) is 2.24. The summed E-state index contributed by atoms with van der Waals surface area (Å²) in [5.74, 6) is -1.97. The maximum Gasteiger partial charge on any atom is 0.402 e. The molecule has 1 aromatic heterocycles. The molecular formula is C16H13BrO7. The first-order valence-electron chi connectivity index (χ1n) is 6.53. The smallest absolute Gasteiger partial charge is 0.402 e. The molecule has 0 aliphatic heterocycles. The maximum absolute atomic E-state index is 10.1. The zero-order valence-corrected chi connectivity index (χ0v) is 13.9. The predicted octanol–water partition coefficient (Wildman–Crippen LogP) is -0.0785. The quantitative estimate of drug-likeness (QED) is 0.303. The summed E-state index contributed by atoms with van der Waals surface area (Å²) in [6.45, 7) is 0. The minimum atomic E-state index is -0.673. The normalized spacial score (nSPS) is 10.4. The number of hydrogen-bond acceptors (Lipinski definition) is 6. The Kier molecular flexibility index (Phi) is 4.61. The molecule has 0 saturated carbocycles. The van der Waals surface area contributed by atoms with E-state index in [4.69, 9.17) is 9.15 Å². The number of phenols is 4. The predicted molar refractivity (Wildman–Crippen MR) is 80.9 cm³/mol. The average molecular weight is 397 g/mol. The molecule has 7 nitrogen and oxygen atoms in total. The van der Waals surface area contributed by atoms with Crippen molar-refractivity contribution in [2.45, 2.75) is 0 Å². The minimum absolute atomic E-state index is 0. The molecule has 0 radical (unpaired) electrons. The first kappa shape index (κ1) is 17.5. The average Bonchev–Trinajstić information content (AvgIpc) is 2.52. The lowest BCUT2D eigenvalue weighted by Crippen LogP contribution is -3.00. The first-order valence-corrected chi connectivity index (χ1v) is 6.53. The minimum Gasteiger partial charge on any atom is -1.00 e. The Labute approximate surface area is 146 Å². The lowest BCUT2D eigenvalue weighted by atomic mass is 10.1. The van der Waals surface area contributed by atoms with Gasteiger partial charge in [-0.1, -0.05) is 0 Å². The van der Waals surface area contributed by atoms with Gasteiger partial charge in [0.15, 0.2) is 17.2 Å². The Balaban J connectivity index is 0.00000208. The number of ether oxygens (including phenoxy) is 1. The summed E-state index contributed by atoms with van der Waals surface area (Å²) >= 11 is 0. The summed E-state index contributed by atoms with van der Waals surface area (Å²) in [5.41, 5.74) is 0.362. The van der Waals surface area contributed by atoms with Crippen molar-refractivity contribution in [1.29, 1.82) is 0 Å². The molecule has 0 atom stereocenters. The first-order chi connectivity index (χ1) is 10.9. The van der Waals surface area contributed by atoms with E-state index in [0.717, 1.165) is 12.1 Å². The molecule has 0 saturated heterocycles. The lowest BCUT2D eigenvalue weighted by molar-refractivity contribution is -0.00000993. The molecule has 0 fully saturated rings. The van der Waals surface area contributed by atoms with E-state index in [-0.39, 0.29) is 50.8 Å². The van der Waals surface area contributed by atoms with E-state index in [1.165, 1.54) is 25.3 Å². The highest BCUT2D eigenvalue weighted by molar-refractivity contribution is 5.88. The van der Waals surface area contributed by atoms with Gasteiger partial charge in [-0.2, -0.15) is 0 Å². The van der Waals surface area contributed by atoms with Crippen LogP contribution in [0.25, 0.3) is 22.3 Å². The molecule has 24 heavy (non-hydrogen) atoms. The Bertz CT molecular complexity index is 901. The summed E-state index contributed by atoms with van der Waals surface area (Å²) in [5, 5.41) is 48.8. The van der Waals surface area contributed by atoms with Gasteiger partial charge < -0.3 is 47.3 Å². The fraction of sp³-hybridized carbons (Fsp3) is 0.0625. The summed E-state index contributed by atoms with van der Waals surface area (Å²) < 4.78 is 10.6. The van der Waals surface area contributed by atoms with Crippen molar-refractivity contribution in [3.05, 3.63) is 30.3 Å².